The number of para-hydroxylation sites is 2. The van der Waals surface area contributed by atoms with Crippen LogP contribution in [0.4, 0.5) is 0 Å². The van der Waals surface area contributed by atoms with Crippen LogP contribution in [-0.4, -0.2) is 49.2 Å². The van der Waals surface area contributed by atoms with Crippen molar-refractivity contribution in [3.8, 4) is 5.75 Å². The van der Waals surface area contributed by atoms with Crippen LogP contribution >= 0.6 is 0 Å². The van der Waals surface area contributed by atoms with Crippen molar-refractivity contribution >= 4 is 17.0 Å². The molecule has 3 aromatic rings. The molecule has 0 unspecified atom stereocenters. The number of rotatable bonds is 7. The highest BCUT2D eigenvalue weighted by Gasteiger charge is 2.48. The van der Waals surface area contributed by atoms with Gasteiger partial charge in [-0.3, -0.25) is 14.3 Å². The molecule has 1 aromatic heterocycles. The van der Waals surface area contributed by atoms with Gasteiger partial charge < -0.3 is 14.5 Å². The first kappa shape index (κ1) is 19.3. The lowest BCUT2D eigenvalue weighted by Crippen LogP contribution is -2.64. The molecule has 0 radical (unpaired) electrons. The summed E-state index contributed by atoms with van der Waals surface area (Å²) in [6, 6.07) is 15.3. The fraction of sp³-hybridized carbons (Fsp3) is 0.364. The molecule has 1 saturated heterocycles. The van der Waals surface area contributed by atoms with Gasteiger partial charge in [-0.2, -0.15) is 0 Å². The lowest BCUT2D eigenvalue weighted by atomic mass is 9.74. The molecule has 4 rings (SSSR count). The van der Waals surface area contributed by atoms with E-state index in [4.69, 9.17) is 9.15 Å². The van der Waals surface area contributed by atoms with Gasteiger partial charge in [0.05, 0.1) is 18.0 Å². The number of nitrogens with zero attached hydrogens (tertiary/aromatic N) is 2. The minimum absolute atomic E-state index is 0.0440. The number of nitrogens with one attached hydrogen (secondary N) is 1. The fourth-order valence-electron chi connectivity index (χ4n) is 4.21. The summed E-state index contributed by atoms with van der Waals surface area (Å²) in [5.74, 6) is 0.486. The predicted octanol–water partition coefficient (Wildman–Crippen LogP) is 1.89. The van der Waals surface area contributed by atoms with Crippen molar-refractivity contribution in [3.63, 3.8) is 0 Å². The van der Waals surface area contributed by atoms with E-state index in [1.165, 1.54) is 0 Å². The standard InChI is InChI=1S/C22H25N3O4/c1-23-20(26)22(13-16-6-5-7-17(12-16)28-2)14-24(15-22)10-11-25-18-8-3-4-9-19(18)29-21(25)27/h3-9,12H,10-11,13-15H2,1-2H3,(H,23,26). The summed E-state index contributed by atoms with van der Waals surface area (Å²) in [5.41, 5.74) is 2.00. The average Bonchev–Trinajstić information content (AvgIpc) is 3.04. The van der Waals surface area contributed by atoms with Gasteiger partial charge in [0.2, 0.25) is 5.91 Å². The van der Waals surface area contributed by atoms with E-state index < -0.39 is 5.41 Å². The molecule has 1 aliphatic heterocycles. The number of oxazole rings is 1. The number of carbonyl (C=O) groups is 1. The van der Waals surface area contributed by atoms with Gasteiger partial charge in [-0.15, -0.1) is 0 Å². The van der Waals surface area contributed by atoms with Crippen molar-refractivity contribution in [3.05, 3.63) is 64.6 Å². The second-order valence-corrected chi connectivity index (χ2v) is 7.59. The molecular weight excluding hydrogens is 370 g/mol. The molecule has 7 nitrogen and oxygen atoms in total. The van der Waals surface area contributed by atoms with Crippen LogP contribution in [0.25, 0.3) is 11.1 Å². The Hall–Kier alpha value is -3.06. The van der Waals surface area contributed by atoms with Crippen LogP contribution in [0.3, 0.4) is 0 Å². The normalized spacial score (nSPS) is 15.8. The second kappa shape index (κ2) is 7.75. The highest BCUT2D eigenvalue weighted by atomic mass is 16.5. The summed E-state index contributed by atoms with van der Waals surface area (Å²) >= 11 is 0. The first-order valence-corrected chi connectivity index (χ1v) is 9.70. The number of benzene rings is 2. The van der Waals surface area contributed by atoms with Crippen molar-refractivity contribution in [2.45, 2.75) is 13.0 Å². The minimum Gasteiger partial charge on any atom is -0.497 e. The highest BCUT2D eigenvalue weighted by molar-refractivity contribution is 5.84. The molecule has 1 aliphatic rings. The number of fused-ring (bicyclic) bond motifs is 1. The van der Waals surface area contributed by atoms with Gasteiger partial charge in [0.25, 0.3) is 0 Å². The van der Waals surface area contributed by atoms with Crippen molar-refractivity contribution in [1.29, 1.82) is 0 Å². The summed E-state index contributed by atoms with van der Waals surface area (Å²) in [5, 5.41) is 2.81. The minimum atomic E-state index is -0.468. The molecule has 29 heavy (non-hydrogen) atoms. The van der Waals surface area contributed by atoms with Gasteiger partial charge in [-0.1, -0.05) is 24.3 Å². The Bertz CT molecular complexity index is 1080. The Morgan fingerprint density at radius 1 is 1.17 bits per heavy atom. The summed E-state index contributed by atoms with van der Waals surface area (Å²) < 4.78 is 12.2. The summed E-state index contributed by atoms with van der Waals surface area (Å²) in [7, 11) is 3.32. The molecule has 152 valence electrons. The molecule has 0 bridgehead atoms. The van der Waals surface area contributed by atoms with Crippen molar-refractivity contribution < 1.29 is 13.9 Å². The smallest absolute Gasteiger partial charge is 0.419 e. The van der Waals surface area contributed by atoms with Crippen molar-refractivity contribution in [2.75, 3.05) is 33.8 Å². The van der Waals surface area contributed by atoms with Crippen LogP contribution in [0.15, 0.2) is 57.7 Å². The molecule has 0 saturated carbocycles. The van der Waals surface area contributed by atoms with Gasteiger partial charge in [-0.05, 0) is 36.2 Å². The molecule has 7 heteroatoms. The third kappa shape index (κ3) is 3.65. The number of likely N-dealkylation sites (tertiary alicyclic amines) is 1. The number of amides is 1. The zero-order chi connectivity index (χ0) is 20.4. The van der Waals surface area contributed by atoms with Crippen molar-refractivity contribution in [2.24, 2.45) is 5.41 Å². The van der Waals surface area contributed by atoms with E-state index in [9.17, 15) is 9.59 Å². The van der Waals surface area contributed by atoms with Crippen LogP contribution in [0.1, 0.15) is 5.56 Å². The summed E-state index contributed by atoms with van der Waals surface area (Å²) in [4.78, 5) is 27.0. The average molecular weight is 395 g/mol. The number of aromatic nitrogens is 1. The van der Waals surface area contributed by atoms with Crippen LogP contribution < -0.4 is 15.8 Å². The van der Waals surface area contributed by atoms with E-state index in [0.29, 0.717) is 38.2 Å². The van der Waals surface area contributed by atoms with Crippen LogP contribution in [0, 0.1) is 5.41 Å². The summed E-state index contributed by atoms with van der Waals surface area (Å²) in [6.07, 6.45) is 0.648. The molecule has 1 N–H and O–H groups in total. The maximum atomic E-state index is 12.6. The fourth-order valence-corrected chi connectivity index (χ4v) is 4.21. The van der Waals surface area contributed by atoms with E-state index in [-0.39, 0.29) is 11.7 Å². The molecule has 2 aromatic carbocycles. The van der Waals surface area contributed by atoms with E-state index in [1.54, 1.807) is 24.8 Å². The van der Waals surface area contributed by atoms with E-state index >= 15 is 0 Å². The largest absolute Gasteiger partial charge is 0.497 e. The second-order valence-electron chi connectivity index (χ2n) is 7.59. The third-order valence-corrected chi connectivity index (χ3v) is 5.65. The Balaban J connectivity index is 1.44. The highest BCUT2D eigenvalue weighted by Crippen LogP contribution is 2.35. The lowest BCUT2D eigenvalue weighted by Gasteiger charge is -2.49. The first-order valence-electron chi connectivity index (χ1n) is 9.70. The summed E-state index contributed by atoms with van der Waals surface area (Å²) in [6.45, 7) is 2.50. The number of hydrogen-bond acceptors (Lipinski definition) is 5. The van der Waals surface area contributed by atoms with Gasteiger partial charge in [-0.25, -0.2) is 4.79 Å². The Morgan fingerprint density at radius 3 is 2.72 bits per heavy atom. The Kier molecular flexibility index (Phi) is 5.15. The number of hydrogen-bond donors (Lipinski definition) is 1. The molecule has 2 heterocycles. The SMILES string of the molecule is CNC(=O)C1(Cc2cccc(OC)c2)CN(CCn2c(=O)oc3ccccc32)C1. The Labute approximate surface area is 168 Å². The van der Waals surface area contributed by atoms with Gasteiger partial charge in [0.15, 0.2) is 5.58 Å². The maximum absolute atomic E-state index is 12.6. The van der Waals surface area contributed by atoms with E-state index in [1.807, 2.05) is 42.5 Å². The molecular formula is C22H25N3O4. The van der Waals surface area contributed by atoms with Gasteiger partial charge in [0, 0.05) is 33.2 Å². The van der Waals surface area contributed by atoms with Crippen LogP contribution in [-0.2, 0) is 17.8 Å². The van der Waals surface area contributed by atoms with E-state index in [2.05, 4.69) is 10.2 Å². The molecule has 1 fully saturated rings. The number of carbonyl (C=O) groups excluding carboxylic acids is 1. The quantitative estimate of drug-likeness (QED) is 0.661. The number of methoxy groups -OCH3 is 1. The number of ether oxygens (including phenoxy) is 1. The first-order chi connectivity index (χ1) is 14.0. The van der Waals surface area contributed by atoms with Crippen molar-refractivity contribution in [1.82, 2.24) is 14.8 Å². The molecule has 0 spiro atoms. The maximum Gasteiger partial charge on any atom is 0.419 e. The zero-order valence-electron chi connectivity index (χ0n) is 16.7. The van der Waals surface area contributed by atoms with Gasteiger partial charge >= 0.3 is 5.76 Å². The lowest BCUT2D eigenvalue weighted by molar-refractivity contribution is -0.141. The predicted molar refractivity (Wildman–Crippen MR) is 110 cm³/mol. The van der Waals surface area contributed by atoms with E-state index in [0.717, 1.165) is 16.8 Å². The topological polar surface area (TPSA) is 76.7 Å². The zero-order valence-corrected chi connectivity index (χ0v) is 16.7. The molecule has 1 amide bonds. The monoisotopic (exact) mass is 395 g/mol. The molecule has 0 atom stereocenters. The van der Waals surface area contributed by atoms with Crippen LogP contribution in [0.2, 0.25) is 0 Å². The van der Waals surface area contributed by atoms with Crippen LogP contribution in [0.5, 0.6) is 5.75 Å². The Morgan fingerprint density at radius 2 is 1.97 bits per heavy atom. The molecule has 0 aliphatic carbocycles. The van der Waals surface area contributed by atoms with Gasteiger partial charge in [0.1, 0.15) is 5.75 Å². The third-order valence-electron chi connectivity index (χ3n) is 5.65.